The molecule has 1 N–H and O–H groups in total. The minimum Gasteiger partial charge on any atom is -0.478 e. The van der Waals surface area contributed by atoms with E-state index in [-0.39, 0.29) is 5.56 Å². The van der Waals surface area contributed by atoms with Crippen molar-refractivity contribution in [2.75, 3.05) is 0 Å². The Morgan fingerprint density at radius 1 is 1.08 bits per heavy atom. The first-order valence-electron chi connectivity index (χ1n) is 7.81. The number of rotatable bonds is 5. The monoisotopic (exact) mass is 318 g/mol. The molecule has 0 bridgehead atoms. The van der Waals surface area contributed by atoms with E-state index in [9.17, 15) is 4.79 Å². The molecule has 0 aliphatic heterocycles. The summed E-state index contributed by atoms with van der Waals surface area (Å²) >= 11 is 0. The van der Waals surface area contributed by atoms with E-state index in [4.69, 9.17) is 5.11 Å². The summed E-state index contributed by atoms with van der Waals surface area (Å²) in [6.45, 7) is 2.13. The molecule has 3 rings (SSSR count). The fourth-order valence-electron chi connectivity index (χ4n) is 2.46. The highest BCUT2D eigenvalue weighted by molar-refractivity contribution is 5.88. The van der Waals surface area contributed by atoms with Crippen molar-refractivity contribution in [2.45, 2.75) is 13.3 Å². The predicted octanol–water partition coefficient (Wildman–Crippen LogP) is 4.49. The highest BCUT2D eigenvalue weighted by Crippen LogP contribution is 2.16. The van der Waals surface area contributed by atoms with E-state index >= 15 is 0 Å². The largest absolute Gasteiger partial charge is 0.478 e. The number of nitrogens with zero attached hydrogens (tertiary/aromatic N) is 2. The van der Waals surface area contributed by atoms with Crippen LogP contribution in [0.15, 0.2) is 71.9 Å². The number of aliphatic imine (C=N–C) groups is 1. The lowest BCUT2D eigenvalue weighted by Crippen LogP contribution is -2.00. The zero-order chi connectivity index (χ0) is 16.9. The maximum absolute atomic E-state index is 10.9. The Balaban J connectivity index is 1.84. The van der Waals surface area contributed by atoms with Crippen LogP contribution in [0.2, 0.25) is 0 Å². The Morgan fingerprint density at radius 3 is 2.42 bits per heavy atom. The van der Waals surface area contributed by atoms with E-state index in [1.54, 1.807) is 24.3 Å². The molecule has 0 spiro atoms. The van der Waals surface area contributed by atoms with Gasteiger partial charge in [0.2, 0.25) is 0 Å². The van der Waals surface area contributed by atoms with Crippen LogP contribution in [-0.4, -0.2) is 21.9 Å². The van der Waals surface area contributed by atoms with E-state index in [1.165, 1.54) is 5.56 Å². The highest BCUT2D eigenvalue weighted by Gasteiger charge is 2.04. The minimum absolute atomic E-state index is 0.275. The quantitative estimate of drug-likeness (QED) is 0.705. The standard InChI is InChI=1S/C20H18N2O2/c1-2-15-5-9-17(10-6-15)21-14-19-4-3-13-22(19)18-11-7-16(8-12-18)20(23)24/h3-14H,2H2,1H3,(H,23,24). The van der Waals surface area contributed by atoms with Gasteiger partial charge < -0.3 is 9.67 Å². The third-order valence-electron chi connectivity index (χ3n) is 3.86. The van der Waals surface area contributed by atoms with Gasteiger partial charge in [-0.2, -0.15) is 0 Å². The molecule has 0 radical (unpaired) electrons. The molecule has 0 aliphatic carbocycles. The first kappa shape index (κ1) is 15.7. The van der Waals surface area contributed by atoms with E-state index in [0.29, 0.717) is 0 Å². The van der Waals surface area contributed by atoms with Crippen LogP contribution >= 0.6 is 0 Å². The predicted molar refractivity (Wildman–Crippen MR) is 95.8 cm³/mol. The number of carboxylic acids is 1. The fourth-order valence-corrected chi connectivity index (χ4v) is 2.46. The Labute approximate surface area is 140 Å². The molecule has 0 aliphatic rings. The number of benzene rings is 2. The van der Waals surface area contributed by atoms with Crippen LogP contribution < -0.4 is 0 Å². The van der Waals surface area contributed by atoms with Crippen molar-refractivity contribution in [2.24, 2.45) is 4.99 Å². The molecule has 0 saturated heterocycles. The zero-order valence-electron chi connectivity index (χ0n) is 13.4. The lowest BCUT2D eigenvalue weighted by molar-refractivity contribution is 0.0697. The summed E-state index contributed by atoms with van der Waals surface area (Å²) in [6, 6.07) is 18.8. The summed E-state index contributed by atoms with van der Waals surface area (Å²) in [6.07, 6.45) is 4.75. The Hall–Kier alpha value is -3.14. The molecule has 0 atom stereocenters. The molecule has 1 aromatic heterocycles. The van der Waals surface area contributed by atoms with Crippen LogP contribution in [0.3, 0.4) is 0 Å². The van der Waals surface area contributed by atoms with Crippen molar-refractivity contribution in [1.29, 1.82) is 0 Å². The van der Waals surface area contributed by atoms with Crippen molar-refractivity contribution in [3.05, 3.63) is 83.7 Å². The van der Waals surface area contributed by atoms with E-state index in [0.717, 1.165) is 23.5 Å². The van der Waals surface area contributed by atoms with Crippen LogP contribution in [-0.2, 0) is 6.42 Å². The van der Waals surface area contributed by atoms with Gasteiger partial charge in [0.05, 0.1) is 23.2 Å². The van der Waals surface area contributed by atoms with Gasteiger partial charge in [0.15, 0.2) is 0 Å². The van der Waals surface area contributed by atoms with Crippen molar-refractivity contribution in [3.8, 4) is 5.69 Å². The summed E-state index contributed by atoms with van der Waals surface area (Å²) in [7, 11) is 0. The van der Waals surface area contributed by atoms with Crippen molar-refractivity contribution in [3.63, 3.8) is 0 Å². The number of aryl methyl sites for hydroxylation is 1. The molecule has 120 valence electrons. The van der Waals surface area contributed by atoms with Gasteiger partial charge in [0.25, 0.3) is 0 Å². The van der Waals surface area contributed by atoms with Crippen molar-refractivity contribution in [1.82, 2.24) is 4.57 Å². The molecule has 0 saturated carbocycles. The van der Waals surface area contributed by atoms with Gasteiger partial charge in [-0.1, -0.05) is 19.1 Å². The second-order valence-electron chi connectivity index (χ2n) is 5.43. The van der Waals surface area contributed by atoms with Crippen molar-refractivity contribution < 1.29 is 9.90 Å². The molecule has 24 heavy (non-hydrogen) atoms. The van der Waals surface area contributed by atoms with Crippen LogP contribution in [0.4, 0.5) is 5.69 Å². The van der Waals surface area contributed by atoms with Gasteiger partial charge in [-0.15, -0.1) is 0 Å². The number of aromatic nitrogens is 1. The summed E-state index contributed by atoms with van der Waals surface area (Å²) in [5.41, 5.74) is 4.29. The SMILES string of the molecule is CCc1ccc(N=Cc2cccn2-c2ccc(C(=O)O)cc2)cc1. The lowest BCUT2D eigenvalue weighted by atomic mass is 10.1. The third-order valence-corrected chi connectivity index (χ3v) is 3.86. The van der Waals surface area contributed by atoms with Gasteiger partial charge in [-0.05, 0) is 60.5 Å². The van der Waals surface area contributed by atoms with Crippen LogP contribution in [0.5, 0.6) is 0 Å². The molecule has 3 aromatic rings. The Kier molecular flexibility index (Phi) is 4.57. The van der Waals surface area contributed by atoms with Gasteiger partial charge >= 0.3 is 5.97 Å². The van der Waals surface area contributed by atoms with Crippen LogP contribution in [0.25, 0.3) is 5.69 Å². The fraction of sp³-hybridized carbons (Fsp3) is 0.100. The van der Waals surface area contributed by atoms with E-state index < -0.39 is 5.97 Å². The number of carbonyl (C=O) groups is 1. The minimum atomic E-state index is -0.925. The van der Waals surface area contributed by atoms with Gasteiger partial charge in [-0.3, -0.25) is 4.99 Å². The molecule has 4 nitrogen and oxygen atoms in total. The van der Waals surface area contributed by atoms with Gasteiger partial charge in [-0.25, -0.2) is 4.79 Å². The van der Waals surface area contributed by atoms with Crippen molar-refractivity contribution >= 4 is 17.9 Å². The second-order valence-corrected chi connectivity index (χ2v) is 5.43. The topological polar surface area (TPSA) is 54.6 Å². The summed E-state index contributed by atoms with van der Waals surface area (Å²) in [4.78, 5) is 15.5. The lowest BCUT2D eigenvalue weighted by Gasteiger charge is -2.06. The second kappa shape index (κ2) is 6.96. The summed E-state index contributed by atoms with van der Waals surface area (Å²) in [5, 5.41) is 8.98. The molecule has 0 amide bonds. The molecule has 1 heterocycles. The molecule has 2 aromatic carbocycles. The maximum atomic E-state index is 10.9. The molecule has 0 fully saturated rings. The maximum Gasteiger partial charge on any atom is 0.335 e. The Morgan fingerprint density at radius 2 is 1.79 bits per heavy atom. The number of hydrogen-bond donors (Lipinski definition) is 1. The van der Waals surface area contributed by atoms with Crippen LogP contribution in [0.1, 0.15) is 28.5 Å². The van der Waals surface area contributed by atoms with E-state index in [2.05, 4.69) is 24.0 Å². The summed E-state index contributed by atoms with van der Waals surface area (Å²) in [5.74, 6) is -0.925. The first-order valence-corrected chi connectivity index (χ1v) is 7.81. The highest BCUT2D eigenvalue weighted by atomic mass is 16.4. The normalized spacial score (nSPS) is 11.0. The van der Waals surface area contributed by atoms with Crippen LogP contribution in [0, 0.1) is 0 Å². The average Bonchev–Trinajstić information content (AvgIpc) is 3.09. The summed E-state index contributed by atoms with van der Waals surface area (Å²) < 4.78 is 1.97. The molecule has 0 unspecified atom stereocenters. The molecular weight excluding hydrogens is 300 g/mol. The molecule has 4 heteroatoms. The molecular formula is C20H18N2O2. The average molecular weight is 318 g/mol. The third kappa shape index (κ3) is 3.43. The van der Waals surface area contributed by atoms with Gasteiger partial charge in [0.1, 0.15) is 0 Å². The zero-order valence-corrected chi connectivity index (χ0v) is 13.4. The number of carboxylic acid groups (broad SMARTS) is 1. The number of hydrogen-bond acceptors (Lipinski definition) is 2. The first-order chi connectivity index (χ1) is 11.7. The number of aromatic carboxylic acids is 1. The smallest absolute Gasteiger partial charge is 0.335 e. The van der Waals surface area contributed by atoms with E-state index in [1.807, 2.05) is 41.2 Å². The Bertz CT molecular complexity index is 859. The van der Waals surface area contributed by atoms with Gasteiger partial charge in [0, 0.05) is 11.9 Å².